The molecule has 0 saturated carbocycles. The van der Waals surface area contributed by atoms with Crippen molar-refractivity contribution >= 4 is 34.2 Å². The standard InChI is InChI=1S/C8H5F3INO2/c9-8(10,11)5-2-3(12)1-4(6(5)13)7(14)15/h1-2H,13H2,(H,14,15). The van der Waals surface area contributed by atoms with Crippen LogP contribution in [0.15, 0.2) is 12.1 Å². The zero-order valence-corrected chi connectivity index (χ0v) is 9.26. The summed E-state index contributed by atoms with van der Waals surface area (Å²) >= 11 is 1.60. The van der Waals surface area contributed by atoms with Crippen LogP contribution in [0.2, 0.25) is 0 Å². The Morgan fingerprint density at radius 2 is 1.93 bits per heavy atom. The minimum atomic E-state index is -4.64. The summed E-state index contributed by atoms with van der Waals surface area (Å²) in [6.45, 7) is 0. The van der Waals surface area contributed by atoms with Crippen molar-refractivity contribution in [2.75, 3.05) is 5.73 Å². The summed E-state index contributed by atoms with van der Waals surface area (Å²) in [5, 5.41) is 8.63. The third-order valence-corrected chi connectivity index (χ3v) is 2.30. The molecule has 0 aromatic heterocycles. The van der Waals surface area contributed by atoms with Gasteiger partial charge in [0.05, 0.1) is 16.8 Å². The number of carbonyl (C=O) groups is 1. The molecule has 0 saturated heterocycles. The quantitative estimate of drug-likeness (QED) is 0.614. The number of hydrogen-bond donors (Lipinski definition) is 2. The predicted molar refractivity (Wildman–Crippen MR) is 55.5 cm³/mol. The average molecular weight is 331 g/mol. The summed E-state index contributed by atoms with van der Waals surface area (Å²) in [7, 11) is 0. The van der Waals surface area contributed by atoms with Crippen LogP contribution in [0.25, 0.3) is 0 Å². The predicted octanol–water partition coefficient (Wildman–Crippen LogP) is 2.59. The van der Waals surface area contributed by atoms with Gasteiger partial charge in [0.2, 0.25) is 0 Å². The number of hydrogen-bond acceptors (Lipinski definition) is 2. The van der Waals surface area contributed by atoms with E-state index in [-0.39, 0.29) is 3.57 Å². The molecule has 0 radical (unpaired) electrons. The zero-order valence-electron chi connectivity index (χ0n) is 7.10. The number of benzene rings is 1. The maximum absolute atomic E-state index is 12.4. The number of carboxylic acid groups (broad SMARTS) is 1. The van der Waals surface area contributed by atoms with E-state index in [1.165, 1.54) is 0 Å². The molecule has 0 atom stereocenters. The van der Waals surface area contributed by atoms with Crippen molar-refractivity contribution in [1.29, 1.82) is 0 Å². The van der Waals surface area contributed by atoms with Gasteiger partial charge < -0.3 is 10.8 Å². The number of carboxylic acids is 1. The van der Waals surface area contributed by atoms with E-state index >= 15 is 0 Å². The Kier molecular flexibility index (Phi) is 3.12. The maximum Gasteiger partial charge on any atom is 0.418 e. The van der Waals surface area contributed by atoms with E-state index in [1.54, 1.807) is 22.6 Å². The van der Waals surface area contributed by atoms with E-state index in [0.29, 0.717) is 0 Å². The molecule has 0 spiro atoms. The highest BCUT2D eigenvalue weighted by molar-refractivity contribution is 14.1. The molecule has 0 aliphatic rings. The Balaban J connectivity index is 3.49. The molecule has 0 amide bonds. The summed E-state index contributed by atoms with van der Waals surface area (Å²) in [4.78, 5) is 10.6. The molecule has 0 aliphatic carbocycles. The van der Waals surface area contributed by atoms with Crippen LogP contribution < -0.4 is 5.73 Å². The van der Waals surface area contributed by atoms with Crippen molar-refractivity contribution < 1.29 is 23.1 Å². The molecular weight excluding hydrogens is 326 g/mol. The van der Waals surface area contributed by atoms with E-state index in [4.69, 9.17) is 10.8 Å². The van der Waals surface area contributed by atoms with Gasteiger partial charge in [-0.2, -0.15) is 13.2 Å². The van der Waals surface area contributed by atoms with Crippen LogP contribution in [0.5, 0.6) is 0 Å². The highest BCUT2D eigenvalue weighted by Crippen LogP contribution is 2.36. The lowest BCUT2D eigenvalue weighted by molar-refractivity contribution is -0.136. The van der Waals surface area contributed by atoms with E-state index in [2.05, 4.69) is 0 Å². The van der Waals surface area contributed by atoms with Gasteiger partial charge in [0.25, 0.3) is 0 Å². The molecule has 0 unspecified atom stereocenters. The lowest BCUT2D eigenvalue weighted by Crippen LogP contribution is -2.13. The van der Waals surface area contributed by atoms with E-state index in [1.807, 2.05) is 0 Å². The van der Waals surface area contributed by atoms with Crippen LogP contribution in [0.3, 0.4) is 0 Å². The number of halogens is 4. The topological polar surface area (TPSA) is 63.3 Å². The van der Waals surface area contributed by atoms with Crippen molar-refractivity contribution in [3.05, 3.63) is 26.8 Å². The van der Waals surface area contributed by atoms with Gasteiger partial charge in [-0.15, -0.1) is 0 Å². The molecule has 0 aliphatic heterocycles. The minimum Gasteiger partial charge on any atom is -0.478 e. The van der Waals surface area contributed by atoms with Crippen molar-refractivity contribution in [3.63, 3.8) is 0 Å². The third-order valence-electron chi connectivity index (χ3n) is 1.68. The van der Waals surface area contributed by atoms with Crippen LogP contribution in [0, 0.1) is 3.57 Å². The van der Waals surface area contributed by atoms with Crippen molar-refractivity contribution in [2.45, 2.75) is 6.18 Å². The van der Waals surface area contributed by atoms with Crippen molar-refractivity contribution in [1.82, 2.24) is 0 Å². The van der Waals surface area contributed by atoms with Crippen LogP contribution in [0.1, 0.15) is 15.9 Å². The second-order valence-corrected chi connectivity index (χ2v) is 3.96. The summed E-state index contributed by atoms with van der Waals surface area (Å²) in [5.41, 5.74) is 2.73. The Hall–Kier alpha value is -0.990. The van der Waals surface area contributed by atoms with Gasteiger partial charge in [-0.1, -0.05) is 0 Å². The molecule has 0 fully saturated rings. The van der Waals surface area contributed by atoms with Crippen LogP contribution in [-0.4, -0.2) is 11.1 Å². The highest BCUT2D eigenvalue weighted by Gasteiger charge is 2.35. The number of nitrogen functional groups attached to an aromatic ring is 1. The normalized spacial score (nSPS) is 11.5. The van der Waals surface area contributed by atoms with Gasteiger partial charge in [0, 0.05) is 3.57 Å². The van der Waals surface area contributed by atoms with Crippen LogP contribution >= 0.6 is 22.6 Å². The van der Waals surface area contributed by atoms with E-state index in [9.17, 15) is 18.0 Å². The van der Waals surface area contributed by atoms with Gasteiger partial charge in [-0.3, -0.25) is 0 Å². The molecule has 0 heterocycles. The Morgan fingerprint density at radius 1 is 1.40 bits per heavy atom. The summed E-state index contributed by atoms with van der Waals surface area (Å²) < 4.78 is 37.4. The summed E-state index contributed by atoms with van der Waals surface area (Å²) in [5.74, 6) is -1.48. The largest absolute Gasteiger partial charge is 0.478 e. The molecular formula is C8H5F3INO2. The molecule has 7 heteroatoms. The van der Waals surface area contributed by atoms with Gasteiger partial charge in [-0.25, -0.2) is 4.79 Å². The number of rotatable bonds is 1. The average Bonchev–Trinajstić information content (AvgIpc) is 2.06. The zero-order chi connectivity index (χ0) is 11.8. The first kappa shape index (κ1) is 12.1. The van der Waals surface area contributed by atoms with E-state index in [0.717, 1.165) is 12.1 Å². The Labute approximate surface area is 96.2 Å². The molecule has 1 aromatic carbocycles. The van der Waals surface area contributed by atoms with Crippen molar-refractivity contribution in [2.24, 2.45) is 0 Å². The molecule has 3 nitrogen and oxygen atoms in total. The van der Waals surface area contributed by atoms with Crippen LogP contribution in [-0.2, 0) is 6.18 Å². The second kappa shape index (κ2) is 3.87. The maximum atomic E-state index is 12.4. The molecule has 3 N–H and O–H groups in total. The number of nitrogens with two attached hydrogens (primary N) is 1. The smallest absolute Gasteiger partial charge is 0.418 e. The molecule has 82 valence electrons. The molecule has 15 heavy (non-hydrogen) atoms. The van der Waals surface area contributed by atoms with Gasteiger partial charge in [-0.05, 0) is 34.7 Å². The molecule has 1 rings (SSSR count). The van der Waals surface area contributed by atoms with Gasteiger partial charge in [0.1, 0.15) is 0 Å². The lowest BCUT2D eigenvalue weighted by Gasteiger charge is -2.12. The lowest BCUT2D eigenvalue weighted by atomic mass is 10.1. The minimum absolute atomic E-state index is 0.173. The fraction of sp³-hybridized carbons (Fsp3) is 0.125. The monoisotopic (exact) mass is 331 g/mol. The fourth-order valence-corrected chi connectivity index (χ4v) is 1.65. The van der Waals surface area contributed by atoms with Crippen molar-refractivity contribution in [3.8, 4) is 0 Å². The number of anilines is 1. The first-order chi connectivity index (χ1) is 6.73. The third kappa shape index (κ3) is 2.52. The fourth-order valence-electron chi connectivity index (χ4n) is 1.03. The summed E-state index contributed by atoms with van der Waals surface area (Å²) in [6, 6.07) is 1.90. The number of aromatic carboxylic acids is 1. The molecule has 1 aromatic rings. The van der Waals surface area contributed by atoms with Gasteiger partial charge in [0.15, 0.2) is 0 Å². The summed E-state index contributed by atoms with van der Waals surface area (Å²) in [6.07, 6.45) is -4.64. The molecule has 0 bridgehead atoms. The Bertz CT molecular complexity index is 417. The highest BCUT2D eigenvalue weighted by atomic mass is 127. The first-order valence-electron chi connectivity index (χ1n) is 3.63. The number of alkyl halides is 3. The first-order valence-corrected chi connectivity index (χ1v) is 4.71. The Morgan fingerprint density at radius 3 is 2.33 bits per heavy atom. The van der Waals surface area contributed by atoms with E-state index < -0.39 is 29.0 Å². The second-order valence-electron chi connectivity index (χ2n) is 2.72. The van der Waals surface area contributed by atoms with Crippen LogP contribution in [0.4, 0.5) is 18.9 Å². The SMILES string of the molecule is Nc1c(C(=O)O)cc(I)cc1C(F)(F)F. The van der Waals surface area contributed by atoms with Gasteiger partial charge >= 0.3 is 12.1 Å².